The zero-order chi connectivity index (χ0) is 22.0. The minimum Gasteiger partial charge on any atom is -0.457 e. The highest BCUT2D eigenvalue weighted by Gasteiger charge is 2.35. The van der Waals surface area contributed by atoms with Crippen molar-refractivity contribution in [3.63, 3.8) is 0 Å². The van der Waals surface area contributed by atoms with E-state index in [4.69, 9.17) is 9.15 Å². The summed E-state index contributed by atoms with van der Waals surface area (Å²) in [6.07, 6.45) is 3.12. The third kappa shape index (κ3) is 5.40. The second kappa shape index (κ2) is 9.61. The number of furan rings is 1. The first-order valence-corrected chi connectivity index (χ1v) is 10.5. The van der Waals surface area contributed by atoms with Crippen LogP contribution in [-0.2, 0) is 11.3 Å². The predicted molar refractivity (Wildman–Crippen MR) is 124 cm³/mol. The van der Waals surface area contributed by atoms with Crippen molar-refractivity contribution in [1.29, 1.82) is 0 Å². The summed E-state index contributed by atoms with van der Waals surface area (Å²) < 4.78 is 11.6. The molecule has 0 aliphatic carbocycles. The van der Waals surface area contributed by atoms with Crippen molar-refractivity contribution in [1.82, 2.24) is 15.2 Å². The molecule has 8 heteroatoms. The molecule has 1 aliphatic rings. The van der Waals surface area contributed by atoms with Gasteiger partial charge < -0.3 is 14.5 Å². The molecule has 0 radical (unpaired) electrons. The van der Waals surface area contributed by atoms with Gasteiger partial charge in [-0.25, -0.2) is 4.79 Å². The van der Waals surface area contributed by atoms with E-state index in [9.17, 15) is 9.59 Å². The Morgan fingerprint density at radius 2 is 1.97 bits per heavy atom. The van der Waals surface area contributed by atoms with E-state index in [-0.39, 0.29) is 30.4 Å². The van der Waals surface area contributed by atoms with Crippen LogP contribution in [0.3, 0.4) is 0 Å². The van der Waals surface area contributed by atoms with Gasteiger partial charge >= 0.3 is 6.09 Å². The molecule has 4 rings (SSSR count). The van der Waals surface area contributed by atoms with Gasteiger partial charge in [-0.2, -0.15) is 0 Å². The number of nitrogens with zero attached hydrogens (tertiary/aromatic N) is 2. The monoisotopic (exact) mass is 457 g/mol. The molecular formula is C24H28ClN3O4. The molecule has 1 saturated heterocycles. The number of ether oxygens (including phenoxy) is 1. The van der Waals surface area contributed by atoms with Crippen LogP contribution in [0.4, 0.5) is 4.79 Å². The van der Waals surface area contributed by atoms with Gasteiger partial charge in [0.15, 0.2) is 5.58 Å². The lowest BCUT2D eigenvalue weighted by Crippen LogP contribution is -2.36. The highest BCUT2D eigenvalue weighted by Crippen LogP contribution is 2.35. The smallest absolute Gasteiger partial charge is 0.410 e. The van der Waals surface area contributed by atoms with Crippen LogP contribution in [0, 0.1) is 0 Å². The van der Waals surface area contributed by atoms with Crippen LogP contribution in [0.15, 0.2) is 53.1 Å². The van der Waals surface area contributed by atoms with Crippen LogP contribution >= 0.6 is 12.4 Å². The van der Waals surface area contributed by atoms with E-state index >= 15 is 0 Å². The van der Waals surface area contributed by atoms with Crippen molar-refractivity contribution < 1.29 is 18.7 Å². The first kappa shape index (κ1) is 23.6. The molecule has 3 heterocycles. The van der Waals surface area contributed by atoms with Crippen molar-refractivity contribution in [3.05, 3.63) is 65.5 Å². The number of likely N-dealkylation sites (tertiary alicyclic amines) is 1. The van der Waals surface area contributed by atoms with Gasteiger partial charge in [0.05, 0.1) is 6.04 Å². The molecule has 0 saturated carbocycles. The lowest BCUT2D eigenvalue weighted by atomic mass is 10.1. The first-order chi connectivity index (χ1) is 14.8. The Hall–Kier alpha value is -3.06. The van der Waals surface area contributed by atoms with Crippen LogP contribution < -0.4 is 5.32 Å². The van der Waals surface area contributed by atoms with Crippen LogP contribution in [-0.4, -0.2) is 34.0 Å². The summed E-state index contributed by atoms with van der Waals surface area (Å²) in [7, 11) is 0. The number of hydrogen-bond donors (Lipinski definition) is 1. The minimum atomic E-state index is -0.543. The van der Waals surface area contributed by atoms with Crippen molar-refractivity contribution in [2.24, 2.45) is 0 Å². The van der Waals surface area contributed by atoms with Gasteiger partial charge in [-0.15, -0.1) is 12.4 Å². The molecule has 2 amide bonds. The summed E-state index contributed by atoms with van der Waals surface area (Å²) in [5.41, 5.74) is 2.27. The van der Waals surface area contributed by atoms with E-state index in [1.807, 2.05) is 51.1 Å². The summed E-state index contributed by atoms with van der Waals surface area (Å²) in [6, 6.07) is 12.7. The quantitative estimate of drug-likeness (QED) is 0.578. The summed E-state index contributed by atoms with van der Waals surface area (Å²) in [6.45, 7) is 6.57. The van der Waals surface area contributed by atoms with Crippen LogP contribution in [0.2, 0.25) is 0 Å². The first-order valence-electron chi connectivity index (χ1n) is 10.5. The average molecular weight is 458 g/mol. The van der Waals surface area contributed by atoms with E-state index in [0.717, 1.165) is 23.9 Å². The van der Waals surface area contributed by atoms with E-state index in [1.165, 1.54) is 0 Å². The van der Waals surface area contributed by atoms with Gasteiger partial charge in [0.25, 0.3) is 5.91 Å². The number of rotatable bonds is 4. The normalized spacial score (nSPS) is 16.0. The second-order valence-electron chi connectivity index (χ2n) is 8.76. The molecule has 1 N–H and O–H groups in total. The standard InChI is InChI=1S/C24H27N3O4.ClH/c1-24(2,3)31-23(29)27-11-7-10-19(27)21-13-18-20(30-21)12-16(14-25-18)15-26-22(28)17-8-5-4-6-9-17;/h4-6,8-9,12-14,19H,7,10-11,15H2,1-3H3,(H,26,28);1H/t19-;/m1./s1. The Bertz CT molecular complexity index is 1090. The maximum Gasteiger partial charge on any atom is 0.410 e. The molecular weight excluding hydrogens is 430 g/mol. The predicted octanol–water partition coefficient (Wildman–Crippen LogP) is 5.25. The lowest BCUT2D eigenvalue weighted by Gasteiger charge is -2.27. The van der Waals surface area contributed by atoms with E-state index in [0.29, 0.717) is 30.0 Å². The summed E-state index contributed by atoms with van der Waals surface area (Å²) in [5.74, 6) is 0.566. The number of nitrogens with one attached hydrogen (secondary N) is 1. The molecule has 0 spiro atoms. The van der Waals surface area contributed by atoms with Crippen LogP contribution in [0.5, 0.6) is 0 Å². The summed E-state index contributed by atoms with van der Waals surface area (Å²) in [4.78, 5) is 31.0. The zero-order valence-electron chi connectivity index (χ0n) is 18.5. The Kier molecular flexibility index (Phi) is 7.09. The van der Waals surface area contributed by atoms with Crippen molar-refractivity contribution in [2.75, 3.05) is 6.54 Å². The molecule has 170 valence electrons. The van der Waals surface area contributed by atoms with Gasteiger partial charge in [-0.3, -0.25) is 14.7 Å². The van der Waals surface area contributed by atoms with E-state index in [1.54, 1.807) is 23.2 Å². The highest BCUT2D eigenvalue weighted by atomic mass is 35.5. The Morgan fingerprint density at radius 3 is 2.69 bits per heavy atom. The molecule has 7 nitrogen and oxygen atoms in total. The van der Waals surface area contributed by atoms with Gasteiger partial charge in [0.1, 0.15) is 16.9 Å². The third-order valence-electron chi connectivity index (χ3n) is 5.14. The third-order valence-corrected chi connectivity index (χ3v) is 5.14. The Balaban J connectivity index is 0.00000289. The van der Waals surface area contributed by atoms with Crippen molar-refractivity contribution >= 4 is 35.5 Å². The largest absolute Gasteiger partial charge is 0.457 e. The molecule has 3 aromatic rings. The molecule has 1 fully saturated rings. The lowest BCUT2D eigenvalue weighted by molar-refractivity contribution is 0.0209. The Morgan fingerprint density at radius 1 is 1.22 bits per heavy atom. The number of pyridine rings is 1. The summed E-state index contributed by atoms with van der Waals surface area (Å²) in [5, 5.41) is 2.90. The number of aromatic nitrogens is 1. The fraction of sp³-hybridized carbons (Fsp3) is 0.375. The number of hydrogen-bond acceptors (Lipinski definition) is 5. The van der Waals surface area contributed by atoms with Gasteiger partial charge in [0.2, 0.25) is 0 Å². The molecule has 2 aromatic heterocycles. The fourth-order valence-corrected chi connectivity index (χ4v) is 3.71. The SMILES string of the molecule is CC(C)(C)OC(=O)N1CCC[C@@H]1c1cc2ncc(CNC(=O)c3ccccc3)cc2o1.Cl. The molecule has 32 heavy (non-hydrogen) atoms. The molecule has 0 unspecified atom stereocenters. The zero-order valence-corrected chi connectivity index (χ0v) is 19.3. The number of fused-ring (bicyclic) bond motifs is 1. The minimum absolute atomic E-state index is 0. The van der Waals surface area contributed by atoms with Crippen molar-refractivity contribution in [2.45, 2.75) is 51.8 Å². The van der Waals surface area contributed by atoms with Gasteiger partial charge in [-0.05, 0) is 57.4 Å². The molecule has 1 atom stereocenters. The number of halogens is 1. The summed E-state index contributed by atoms with van der Waals surface area (Å²) >= 11 is 0. The maximum atomic E-state index is 12.6. The van der Waals surface area contributed by atoms with Gasteiger partial charge in [-0.1, -0.05) is 18.2 Å². The van der Waals surface area contributed by atoms with Crippen LogP contribution in [0.25, 0.3) is 11.1 Å². The Labute approximate surface area is 193 Å². The van der Waals surface area contributed by atoms with Gasteiger partial charge in [0, 0.05) is 30.9 Å². The van der Waals surface area contributed by atoms with E-state index in [2.05, 4.69) is 10.3 Å². The second-order valence-corrected chi connectivity index (χ2v) is 8.76. The fourth-order valence-electron chi connectivity index (χ4n) is 3.71. The number of amides is 2. The average Bonchev–Trinajstić information content (AvgIpc) is 3.37. The number of benzene rings is 1. The molecule has 0 bridgehead atoms. The van der Waals surface area contributed by atoms with Crippen LogP contribution in [0.1, 0.15) is 61.3 Å². The number of carbonyl (C=O) groups excluding carboxylic acids is 2. The highest BCUT2D eigenvalue weighted by molar-refractivity contribution is 5.94. The molecule has 1 aromatic carbocycles. The maximum absolute atomic E-state index is 12.6. The van der Waals surface area contributed by atoms with E-state index < -0.39 is 5.60 Å². The topological polar surface area (TPSA) is 84.7 Å². The number of carbonyl (C=O) groups is 2. The molecule has 1 aliphatic heterocycles. The van der Waals surface area contributed by atoms with Crippen molar-refractivity contribution in [3.8, 4) is 0 Å².